The Labute approximate surface area is 52.4 Å². The quantitative estimate of drug-likeness (QED) is 0.522. The molecule has 0 saturated carbocycles. The maximum Gasteiger partial charge on any atom is 0.335 e. The molecule has 0 aromatic rings. The van der Waals surface area contributed by atoms with Crippen molar-refractivity contribution in [3.63, 3.8) is 0 Å². The molecule has 1 aliphatic rings. The molecule has 0 amide bonds. The largest absolute Gasteiger partial charge is 0.479 e. The summed E-state index contributed by atoms with van der Waals surface area (Å²) in [5, 5.41) is 8.33. The van der Waals surface area contributed by atoms with Crippen molar-refractivity contribution in [1.29, 1.82) is 0 Å². The number of ether oxygens (including phenoxy) is 2. The predicted octanol–water partition coefficient (Wildman–Crippen LogP) is -0.514. The highest BCUT2D eigenvalue weighted by molar-refractivity contribution is 5.72. The summed E-state index contributed by atoms with van der Waals surface area (Å²) < 4.78 is 9.65. The van der Waals surface area contributed by atoms with Crippen LogP contribution in [0.25, 0.3) is 0 Å². The Balaban J connectivity index is 2.31. The Hall–Kier alpha value is -0.610. The van der Waals surface area contributed by atoms with Gasteiger partial charge < -0.3 is 14.6 Å². The number of hydrogen-bond acceptors (Lipinski definition) is 3. The number of carboxylic acids is 1. The molecule has 1 heterocycles. The Bertz CT molecular complexity index is 106. The predicted molar refractivity (Wildman–Crippen MR) is 28.2 cm³/mol. The number of aliphatic carboxylic acids is 1. The van der Waals surface area contributed by atoms with Crippen molar-refractivity contribution in [2.75, 3.05) is 19.8 Å². The topological polar surface area (TPSA) is 55.8 Å². The summed E-state index contributed by atoms with van der Waals surface area (Å²) >= 11 is 0. The van der Waals surface area contributed by atoms with Crippen molar-refractivity contribution in [1.82, 2.24) is 0 Å². The van der Waals surface area contributed by atoms with Gasteiger partial charge in [0, 0.05) is 0 Å². The van der Waals surface area contributed by atoms with E-state index in [1.165, 1.54) is 0 Å². The van der Waals surface area contributed by atoms with Gasteiger partial charge in [-0.2, -0.15) is 0 Å². The van der Waals surface area contributed by atoms with E-state index in [9.17, 15) is 4.79 Å². The van der Waals surface area contributed by atoms with Gasteiger partial charge >= 0.3 is 5.97 Å². The molecule has 1 N–H and O–H groups in total. The van der Waals surface area contributed by atoms with E-state index in [1.807, 2.05) is 0 Å². The SMILES string of the molecule is O=C(O)[C@@H]1COCCO1. The summed E-state index contributed by atoms with van der Waals surface area (Å²) in [6, 6.07) is 0. The van der Waals surface area contributed by atoms with Gasteiger partial charge in [0.1, 0.15) is 0 Å². The first-order valence-corrected chi connectivity index (χ1v) is 2.73. The number of carbonyl (C=O) groups is 1. The third kappa shape index (κ3) is 1.65. The average molecular weight is 132 g/mol. The maximum atomic E-state index is 10.1. The van der Waals surface area contributed by atoms with Crippen molar-refractivity contribution in [2.45, 2.75) is 6.10 Å². The van der Waals surface area contributed by atoms with Gasteiger partial charge in [-0.1, -0.05) is 0 Å². The second-order valence-electron chi connectivity index (χ2n) is 1.77. The van der Waals surface area contributed by atoms with E-state index in [0.717, 1.165) is 0 Å². The number of hydrogen-bond donors (Lipinski definition) is 1. The van der Waals surface area contributed by atoms with Gasteiger partial charge in [-0.05, 0) is 0 Å². The summed E-state index contributed by atoms with van der Waals surface area (Å²) in [6.07, 6.45) is -0.751. The van der Waals surface area contributed by atoms with Crippen LogP contribution in [0.3, 0.4) is 0 Å². The van der Waals surface area contributed by atoms with Gasteiger partial charge in [-0.3, -0.25) is 0 Å². The zero-order valence-electron chi connectivity index (χ0n) is 4.87. The molecule has 0 aromatic heterocycles. The fraction of sp³-hybridized carbons (Fsp3) is 0.800. The summed E-state index contributed by atoms with van der Waals surface area (Å²) in [5.74, 6) is -0.949. The maximum absolute atomic E-state index is 10.1. The monoisotopic (exact) mass is 132 g/mol. The molecule has 0 radical (unpaired) electrons. The summed E-state index contributed by atoms with van der Waals surface area (Å²) in [7, 11) is 0. The van der Waals surface area contributed by atoms with Crippen LogP contribution in [0.15, 0.2) is 0 Å². The molecular weight excluding hydrogens is 124 g/mol. The molecule has 0 unspecified atom stereocenters. The van der Waals surface area contributed by atoms with Crippen LogP contribution in [0.4, 0.5) is 0 Å². The molecule has 1 rings (SSSR count). The standard InChI is InChI=1S/C5H8O4/c6-5(7)4-3-8-1-2-9-4/h4H,1-3H2,(H,6,7)/t4-/m0/s1. The second-order valence-corrected chi connectivity index (χ2v) is 1.77. The molecular formula is C5H8O4. The van der Waals surface area contributed by atoms with Gasteiger partial charge in [0.2, 0.25) is 0 Å². The van der Waals surface area contributed by atoms with Crippen LogP contribution in [-0.4, -0.2) is 37.0 Å². The Kier molecular flexibility index (Phi) is 2.02. The van der Waals surface area contributed by atoms with Crippen LogP contribution in [0.1, 0.15) is 0 Å². The van der Waals surface area contributed by atoms with Gasteiger partial charge in [0.15, 0.2) is 6.10 Å². The molecule has 0 aromatic carbocycles. The molecule has 4 heteroatoms. The van der Waals surface area contributed by atoms with E-state index in [-0.39, 0.29) is 6.61 Å². The van der Waals surface area contributed by atoms with E-state index in [2.05, 4.69) is 0 Å². The summed E-state index contributed by atoms with van der Waals surface area (Å²) in [6.45, 7) is 1.07. The zero-order chi connectivity index (χ0) is 6.69. The smallest absolute Gasteiger partial charge is 0.335 e. The lowest BCUT2D eigenvalue weighted by Gasteiger charge is -2.18. The van der Waals surface area contributed by atoms with E-state index < -0.39 is 12.1 Å². The van der Waals surface area contributed by atoms with E-state index in [1.54, 1.807) is 0 Å². The Morgan fingerprint density at radius 2 is 2.33 bits per heavy atom. The first kappa shape index (κ1) is 6.51. The lowest BCUT2D eigenvalue weighted by atomic mass is 10.4. The van der Waals surface area contributed by atoms with Crippen LogP contribution in [-0.2, 0) is 14.3 Å². The molecule has 1 aliphatic heterocycles. The minimum absolute atomic E-state index is 0.176. The minimum atomic E-state index is -0.949. The van der Waals surface area contributed by atoms with Crippen LogP contribution in [0.5, 0.6) is 0 Å². The first-order valence-electron chi connectivity index (χ1n) is 2.73. The van der Waals surface area contributed by atoms with Crippen LogP contribution < -0.4 is 0 Å². The summed E-state index contributed by atoms with van der Waals surface area (Å²) in [4.78, 5) is 10.1. The Morgan fingerprint density at radius 3 is 2.67 bits per heavy atom. The van der Waals surface area contributed by atoms with Crippen molar-refractivity contribution in [3.8, 4) is 0 Å². The molecule has 0 aliphatic carbocycles. The van der Waals surface area contributed by atoms with Crippen molar-refractivity contribution >= 4 is 5.97 Å². The minimum Gasteiger partial charge on any atom is -0.479 e. The molecule has 52 valence electrons. The van der Waals surface area contributed by atoms with E-state index in [4.69, 9.17) is 14.6 Å². The highest BCUT2D eigenvalue weighted by atomic mass is 16.6. The third-order valence-corrected chi connectivity index (χ3v) is 1.09. The fourth-order valence-corrected chi connectivity index (χ4v) is 0.630. The van der Waals surface area contributed by atoms with E-state index >= 15 is 0 Å². The van der Waals surface area contributed by atoms with Crippen molar-refractivity contribution in [2.24, 2.45) is 0 Å². The van der Waals surface area contributed by atoms with Crippen LogP contribution in [0.2, 0.25) is 0 Å². The van der Waals surface area contributed by atoms with Gasteiger partial charge in [0.25, 0.3) is 0 Å². The third-order valence-electron chi connectivity index (χ3n) is 1.09. The molecule has 1 atom stereocenters. The molecule has 1 fully saturated rings. The highest BCUT2D eigenvalue weighted by Crippen LogP contribution is 1.99. The normalized spacial score (nSPS) is 27.8. The van der Waals surface area contributed by atoms with Gasteiger partial charge in [0.05, 0.1) is 19.8 Å². The van der Waals surface area contributed by atoms with Gasteiger partial charge in [-0.25, -0.2) is 4.79 Å². The zero-order valence-corrected chi connectivity index (χ0v) is 4.87. The fourth-order valence-electron chi connectivity index (χ4n) is 0.630. The first-order chi connectivity index (χ1) is 4.30. The lowest BCUT2D eigenvalue weighted by Crippen LogP contribution is -2.35. The molecule has 0 bridgehead atoms. The van der Waals surface area contributed by atoms with E-state index in [0.29, 0.717) is 13.2 Å². The molecule has 0 spiro atoms. The second kappa shape index (κ2) is 2.80. The van der Waals surface area contributed by atoms with Crippen LogP contribution >= 0.6 is 0 Å². The summed E-state index contributed by atoms with van der Waals surface area (Å²) in [5.41, 5.74) is 0. The Morgan fingerprint density at radius 1 is 1.56 bits per heavy atom. The number of carboxylic acid groups (broad SMARTS) is 1. The highest BCUT2D eigenvalue weighted by Gasteiger charge is 2.20. The molecule has 1 saturated heterocycles. The number of rotatable bonds is 1. The molecule has 4 nitrogen and oxygen atoms in total. The van der Waals surface area contributed by atoms with Crippen molar-refractivity contribution < 1.29 is 19.4 Å². The van der Waals surface area contributed by atoms with Crippen LogP contribution in [0, 0.1) is 0 Å². The van der Waals surface area contributed by atoms with Gasteiger partial charge in [-0.15, -0.1) is 0 Å². The lowest BCUT2D eigenvalue weighted by molar-refractivity contribution is -0.164. The van der Waals surface area contributed by atoms with Crippen molar-refractivity contribution in [3.05, 3.63) is 0 Å². The average Bonchev–Trinajstić information content (AvgIpc) is 1.90. The molecule has 9 heavy (non-hydrogen) atoms.